The van der Waals surface area contributed by atoms with E-state index < -0.39 is 11.6 Å². The summed E-state index contributed by atoms with van der Waals surface area (Å²) in [5.41, 5.74) is 3.14. The van der Waals surface area contributed by atoms with Crippen LogP contribution < -0.4 is 0 Å². The van der Waals surface area contributed by atoms with Gasteiger partial charge in [-0.15, -0.1) is 0 Å². The van der Waals surface area contributed by atoms with E-state index in [0.717, 1.165) is 17.5 Å². The van der Waals surface area contributed by atoms with Crippen LogP contribution in [-0.2, 0) is 6.42 Å². The molecule has 0 saturated carbocycles. The molecule has 3 nitrogen and oxygen atoms in total. The highest BCUT2D eigenvalue weighted by molar-refractivity contribution is 5.66. The molecule has 3 rings (SSSR count). The molecule has 0 N–H and O–H groups in total. The van der Waals surface area contributed by atoms with Gasteiger partial charge in [0.2, 0.25) is 0 Å². The number of hydrogen-bond donors (Lipinski definition) is 0. The second-order valence-electron chi connectivity index (χ2n) is 4.63. The molecule has 1 aromatic carbocycles. The Hall–Kier alpha value is -2.30. The normalized spacial score (nSPS) is 11.2. The minimum atomic E-state index is -0.611. The van der Waals surface area contributed by atoms with E-state index in [2.05, 4.69) is 10.1 Å². The van der Waals surface area contributed by atoms with Crippen LogP contribution in [0.1, 0.15) is 18.3 Å². The molecule has 5 heteroatoms. The summed E-state index contributed by atoms with van der Waals surface area (Å²) >= 11 is 0. The van der Waals surface area contributed by atoms with E-state index in [0.29, 0.717) is 23.3 Å². The average molecular weight is 273 g/mol. The summed E-state index contributed by atoms with van der Waals surface area (Å²) in [7, 11) is 0. The molecule has 0 aliphatic carbocycles. The SMILES string of the molecule is CCc1c(-c2ccc(F)cc2F)nc2ccc(C)nn12. The standard InChI is InChI=1S/C15H13F2N3/c1-3-13-15(11-6-5-10(16)8-12(11)17)18-14-7-4-9(2)19-20(13)14/h4-8H,3H2,1-2H3. The molecular weight excluding hydrogens is 260 g/mol. The van der Waals surface area contributed by atoms with Crippen LogP contribution in [-0.4, -0.2) is 14.6 Å². The van der Waals surface area contributed by atoms with Crippen molar-refractivity contribution in [2.45, 2.75) is 20.3 Å². The fourth-order valence-electron chi connectivity index (χ4n) is 2.29. The van der Waals surface area contributed by atoms with Gasteiger partial charge in [0.05, 0.1) is 17.1 Å². The summed E-state index contributed by atoms with van der Waals surface area (Å²) in [6, 6.07) is 7.22. The fourth-order valence-corrected chi connectivity index (χ4v) is 2.29. The number of aryl methyl sites for hydroxylation is 2. The molecule has 102 valence electrons. The number of benzene rings is 1. The lowest BCUT2D eigenvalue weighted by Crippen LogP contribution is -1.99. The van der Waals surface area contributed by atoms with Crippen LogP contribution in [0.15, 0.2) is 30.3 Å². The molecule has 0 spiro atoms. The molecule has 0 aliphatic rings. The van der Waals surface area contributed by atoms with Crippen molar-refractivity contribution in [1.29, 1.82) is 0 Å². The van der Waals surface area contributed by atoms with Crippen molar-refractivity contribution in [3.63, 3.8) is 0 Å². The first-order valence-corrected chi connectivity index (χ1v) is 6.41. The Morgan fingerprint density at radius 3 is 2.65 bits per heavy atom. The van der Waals surface area contributed by atoms with Gasteiger partial charge in [0.15, 0.2) is 5.65 Å². The second kappa shape index (κ2) is 4.67. The van der Waals surface area contributed by atoms with Gasteiger partial charge in [-0.25, -0.2) is 18.3 Å². The second-order valence-corrected chi connectivity index (χ2v) is 4.63. The molecule has 2 aromatic heterocycles. The Bertz CT molecular complexity index is 793. The van der Waals surface area contributed by atoms with Gasteiger partial charge < -0.3 is 0 Å². The van der Waals surface area contributed by atoms with Gasteiger partial charge in [0.25, 0.3) is 0 Å². The number of rotatable bonds is 2. The van der Waals surface area contributed by atoms with Gasteiger partial charge in [-0.1, -0.05) is 6.92 Å². The van der Waals surface area contributed by atoms with Gasteiger partial charge in [-0.2, -0.15) is 5.10 Å². The van der Waals surface area contributed by atoms with Crippen molar-refractivity contribution < 1.29 is 8.78 Å². The number of fused-ring (bicyclic) bond motifs is 1. The monoisotopic (exact) mass is 273 g/mol. The van der Waals surface area contributed by atoms with E-state index in [1.54, 1.807) is 4.52 Å². The maximum Gasteiger partial charge on any atom is 0.154 e. The molecule has 3 aromatic rings. The molecule has 0 aliphatic heterocycles. The Morgan fingerprint density at radius 1 is 1.15 bits per heavy atom. The first-order valence-electron chi connectivity index (χ1n) is 6.41. The van der Waals surface area contributed by atoms with Crippen LogP contribution in [0.5, 0.6) is 0 Å². The summed E-state index contributed by atoms with van der Waals surface area (Å²) in [4.78, 5) is 4.42. The molecule has 20 heavy (non-hydrogen) atoms. The Kier molecular flexibility index (Phi) is 2.97. The van der Waals surface area contributed by atoms with Crippen LogP contribution in [0, 0.1) is 18.6 Å². The molecule has 0 bridgehead atoms. The number of imidazole rings is 1. The maximum atomic E-state index is 14.0. The predicted molar refractivity (Wildman–Crippen MR) is 72.5 cm³/mol. The molecular formula is C15H13F2N3. The van der Waals surface area contributed by atoms with Gasteiger partial charge in [0, 0.05) is 11.6 Å². The molecule has 0 saturated heterocycles. The first-order chi connectivity index (χ1) is 9.60. The quantitative estimate of drug-likeness (QED) is 0.714. The predicted octanol–water partition coefficient (Wildman–Crippen LogP) is 3.55. The van der Waals surface area contributed by atoms with Crippen LogP contribution in [0.3, 0.4) is 0 Å². The number of halogens is 2. The Morgan fingerprint density at radius 2 is 1.95 bits per heavy atom. The van der Waals surface area contributed by atoms with E-state index in [1.165, 1.54) is 12.1 Å². The van der Waals surface area contributed by atoms with E-state index >= 15 is 0 Å². The minimum absolute atomic E-state index is 0.298. The lowest BCUT2D eigenvalue weighted by atomic mass is 10.1. The fraction of sp³-hybridized carbons (Fsp3) is 0.200. The van der Waals surface area contributed by atoms with Crippen LogP contribution in [0.25, 0.3) is 16.9 Å². The van der Waals surface area contributed by atoms with Gasteiger partial charge >= 0.3 is 0 Å². The summed E-state index contributed by atoms with van der Waals surface area (Å²) in [5, 5.41) is 4.40. The molecule has 2 heterocycles. The zero-order chi connectivity index (χ0) is 14.3. The van der Waals surface area contributed by atoms with Crippen LogP contribution in [0.2, 0.25) is 0 Å². The van der Waals surface area contributed by atoms with Crippen molar-refractivity contribution in [2.75, 3.05) is 0 Å². The topological polar surface area (TPSA) is 30.2 Å². The maximum absolute atomic E-state index is 14.0. The third-order valence-corrected chi connectivity index (χ3v) is 3.22. The zero-order valence-corrected chi connectivity index (χ0v) is 11.2. The van der Waals surface area contributed by atoms with Gasteiger partial charge in [0.1, 0.15) is 11.6 Å². The van der Waals surface area contributed by atoms with E-state index in [-0.39, 0.29) is 0 Å². The molecule has 0 unspecified atom stereocenters. The lowest BCUT2D eigenvalue weighted by Gasteiger charge is -2.03. The van der Waals surface area contributed by atoms with E-state index in [4.69, 9.17) is 0 Å². The summed E-state index contributed by atoms with van der Waals surface area (Å²) in [5.74, 6) is -1.21. The van der Waals surface area contributed by atoms with Crippen molar-refractivity contribution in [3.8, 4) is 11.3 Å². The average Bonchev–Trinajstić information content (AvgIpc) is 2.76. The molecule has 0 fully saturated rings. The van der Waals surface area contributed by atoms with Crippen molar-refractivity contribution in [2.24, 2.45) is 0 Å². The van der Waals surface area contributed by atoms with Crippen LogP contribution >= 0.6 is 0 Å². The van der Waals surface area contributed by atoms with Gasteiger partial charge in [-0.05, 0) is 37.6 Å². The van der Waals surface area contributed by atoms with E-state index in [9.17, 15) is 8.78 Å². The third kappa shape index (κ3) is 1.95. The summed E-state index contributed by atoms with van der Waals surface area (Å²) in [6.45, 7) is 3.84. The largest absolute Gasteiger partial charge is 0.227 e. The number of hydrogen-bond acceptors (Lipinski definition) is 2. The summed E-state index contributed by atoms with van der Waals surface area (Å²) < 4.78 is 28.7. The Balaban J connectivity index is 2.30. The minimum Gasteiger partial charge on any atom is -0.227 e. The molecule has 0 radical (unpaired) electrons. The van der Waals surface area contributed by atoms with Crippen LogP contribution in [0.4, 0.5) is 8.78 Å². The third-order valence-electron chi connectivity index (χ3n) is 3.22. The Labute approximate surface area is 114 Å². The highest BCUT2D eigenvalue weighted by Crippen LogP contribution is 2.27. The van der Waals surface area contributed by atoms with Crippen molar-refractivity contribution >= 4 is 5.65 Å². The highest BCUT2D eigenvalue weighted by Gasteiger charge is 2.17. The zero-order valence-electron chi connectivity index (χ0n) is 11.2. The number of aromatic nitrogens is 3. The first kappa shape index (κ1) is 12.7. The molecule has 0 atom stereocenters. The highest BCUT2D eigenvalue weighted by atomic mass is 19.1. The van der Waals surface area contributed by atoms with Crippen molar-refractivity contribution in [3.05, 3.63) is 53.4 Å². The van der Waals surface area contributed by atoms with Gasteiger partial charge in [-0.3, -0.25) is 0 Å². The van der Waals surface area contributed by atoms with E-state index in [1.807, 2.05) is 26.0 Å². The number of nitrogens with zero attached hydrogens (tertiary/aromatic N) is 3. The smallest absolute Gasteiger partial charge is 0.154 e. The summed E-state index contributed by atoms with van der Waals surface area (Å²) in [6.07, 6.45) is 0.657. The van der Waals surface area contributed by atoms with Crippen molar-refractivity contribution in [1.82, 2.24) is 14.6 Å². The lowest BCUT2D eigenvalue weighted by molar-refractivity contribution is 0.585. The molecule has 0 amide bonds.